The molecule has 1 saturated heterocycles. The molecule has 0 saturated carbocycles. The van der Waals surface area contributed by atoms with E-state index in [2.05, 4.69) is 16.6 Å². The quantitative estimate of drug-likeness (QED) is 0.785. The van der Waals surface area contributed by atoms with Crippen molar-refractivity contribution in [1.82, 2.24) is 15.1 Å². The van der Waals surface area contributed by atoms with E-state index in [1.54, 1.807) is 0 Å². The van der Waals surface area contributed by atoms with E-state index in [4.69, 9.17) is 9.47 Å². The summed E-state index contributed by atoms with van der Waals surface area (Å²) in [5.41, 5.74) is 3.26. The highest BCUT2D eigenvalue weighted by atomic mass is 16.6. The largest absolute Gasteiger partial charge is 0.447 e. The van der Waals surface area contributed by atoms with Gasteiger partial charge in [0, 0.05) is 19.3 Å². The second kappa shape index (κ2) is 8.67. The fraction of sp³-hybridized carbons (Fsp3) is 0.474. The fourth-order valence-electron chi connectivity index (χ4n) is 2.92. The van der Waals surface area contributed by atoms with Crippen LogP contribution >= 0.6 is 0 Å². The van der Waals surface area contributed by atoms with Crippen LogP contribution in [0, 0.1) is 6.92 Å². The summed E-state index contributed by atoms with van der Waals surface area (Å²) >= 11 is 0. The highest BCUT2D eigenvalue weighted by molar-refractivity contribution is 5.67. The van der Waals surface area contributed by atoms with Crippen molar-refractivity contribution < 1.29 is 14.3 Å². The molecule has 2 heterocycles. The summed E-state index contributed by atoms with van der Waals surface area (Å²) in [6, 6.07) is 10.0. The summed E-state index contributed by atoms with van der Waals surface area (Å²) in [5.74, 6) is 0. The molecule has 1 N–H and O–H groups in total. The van der Waals surface area contributed by atoms with Crippen molar-refractivity contribution in [3.8, 4) is 5.69 Å². The van der Waals surface area contributed by atoms with Gasteiger partial charge in [0.15, 0.2) is 0 Å². The molecular formula is C19H25N3O3. The van der Waals surface area contributed by atoms with Crippen LogP contribution in [0.3, 0.4) is 0 Å². The summed E-state index contributed by atoms with van der Waals surface area (Å²) in [6.07, 6.45) is 5.48. The number of nitrogens with one attached hydrogen (secondary N) is 1. The van der Waals surface area contributed by atoms with Gasteiger partial charge >= 0.3 is 6.09 Å². The zero-order chi connectivity index (χ0) is 17.5. The maximum atomic E-state index is 11.7. The minimum atomic E-state index is -0.368. The van der Waals surface area contributed by atoms with Gasteiger partial charge in [0.25, 0.3) is 0 Å². The molecule has 1 unspecified atom stereocenters. The van der Waals surface area contributed by atoms with Crippen molar-refractivity contribution in [2.24, 2.45) is 0 Å². The molecule has 25 heavy (non-hydrogen) atoms. The number of alkyl carbamates (subject to hydrolysis) is 1. The first-order chi connectivity index (χ1) is 12.2. The number of hydrogen-bond acceptors (Lipinski definition) is 4. The molecule has 6 heteroatoms. The van der Waals surface area contributed by atoms with E-state index in [1.807, 2.05) is 41.9 Å². The summed E-state index contributed by atoms with van der Waals surface area (Å²) in [7, 11) is 0. The number of ether oxygens (including phenoxy) is 2. The van der Waals surface area contributed by atoms with Gasteiger partial charge in [-0.2, -0.15) is 5.10 Å². The molecule has 134 valence electrons. The van der Waals surface area contributed by atoms with Gasteiger partial charge in [-0.15, -0.1) is 0 Å². The molecule has 1 atom stereocenters. The summed E-state index contributed by atoms with van der Waals surface area (Å²) in [4.78, 5) is 11.7. The third kappa shape index (κ3) is 5.06. The lowest BCUT2D eigenvalue weighted by molar-refractivity contribution is 0.0439. The molecule has 6 nitrogen and oxygen atoms in total. The maximum Gasteiger partial charge on any atom is 0.407 e. The Labute approximate surface area is 148 Å². The molecule has 2 aromatic rings. The average Bonchev–Trinajstić information content (AvgIpc) is 3.28. The third-order valence-electron chi connectivity index (χ3n) is 4.34. The molecule has 0 spiro atoms. The number of nitrogens with zero attached hydrogens (tertiary/aromatic N) is 2. The molecule has 1 aliphatic rings. The Morgan fingerprint density at radius 1 is 1.40 bits per heavy atom. The minimum Gasteiger partial charge on any atom is -0.447 e. The van der Waals surface area contributed by atoms with E-state index in [0.29, 0.717) is 13.2 Å². The van der Waals surface area contributed by atoms with Crippen LogP contribution in [0.15, 0.2) is 36.5 Å². The standard InChI is InChI=1S/C19H25N3O3/c1-15-16(13-22(21-15)17-8-3-2-4-9-17)7-5-11-20-19(23)25-14-18-10-6-12-24-18/h2-4,8-9,13,18H,5-7,10-12,14H2,1H3,(H,20,23). The van der Waals surface area contributed by atoms with E-state index in [9.17, 15) is 4.79 Å². The van der Waals surface area contributed by atoms with E-state index in [0.717, 1.165) is 43.7 Å². The van der Waals surface area contributed by atoms with Gasteiger partial charge < -0.3 is 14.8 Å². The summed E-state index contributed by atoms with van der Waals surface area (Å²) in [6.45, 7) is 3.71. The monoisotopic (exact) mass is 343 g/mol. The maximum absolute atomic E-state index is 11.7. The smallest absolute Gasteiger partial charge is 0.407 e. The van der Waals surface area contributed by atoms with Gasteiger partial charge in [-0.1, -0.05) is 18.2 Å². The normalized spacial score (nSPS) is 16.8. The number of carbonyl (C=O) groups is 1. The predicted molar refractivity (Wildman–Crippen MR) is 94.9 cm³/mol. The second-order valence-electron chi connectivity index (χ2n) is 6.28. The van der Waals surface area contributed by atoms with Gasteiger partial charge in [-0.05, 0) is 50.3 Å². The Morgan fingerprint density at radius 3 is 3.00 bits per heavy atom. The Hall–Kier alpha value is -2.34. The van der Waals surface area contributed by atoms with Crippen molar-refractivity contribution in [2.75, 3.05) is 19.8 Å². The Kier molecular flexibility index (Phi) is 6.06. The van der Waals surface area contributed by atoms with Crippen LogP contribution in [0.5, 0.6) is 0 Å². The number of amides is 1. The average molecular weight is 343 g/mol. The Balaban J connectivity index is 1.38. The van der Waals surface area contributed by atoms with Crippen LogP contribution in [0.4, 0.5) is 4.79 Å². The lowest BCUT2D eigenvalue weighted by atomic mass is 10.1. The third-order valence-corrected chi connectivity index (χ3v) is 4.34. The van der Waals surface area contributed by atoms with Gasteiger partial charge in [0.2, 0.25) is 0 Å². The fourth-order valence-corrected chi connectivity index (χ4v) is 2.92. The first kappa shape index (κ1) is 17.5. The molecule has 0 bridgehead atoms. The number of hydrogen-bond donors (Lipinski definition) is 1. The summed E-state index contributed by atoms with van der Waals surface area (Å²) in [5, 5.41) is 7.35. The number of carbonyl (C=O) groups excluding carboxylic acids is 1. The molecular weight excluding hydrogens is 318 g/mol. The Morgan fingerprint density at radius 2 is 2.24 bits per heavy atom. The molecule has 1 amide bonds. The molecule has 0 aliphatic carbocycles. The Bertz CT molecular complexity index is 678. The van der Waals surface area contributed by atoms with E-state index < -0.39 is 0 Å². The number of aryl methyl sites for hydroxylation is 2. The van der Waals surface area contributed by atoms with E-state index >= 15 is 0 Å². The van der Waals surface area contributed by atoms with Crippen molar-refractivity contribution >= 4 is 6.09 Å². The lowest BCUT2D eigenvalue weighted by Crippen LogP contribution is -2.28. The zero-order valence-corrected chi connectivity index (χ0v) is 14.6. The first-order valence-corrected chi connectivity index (χ1v) is 8.85. The van der Waals surface area contributed by atoms with E-state index in [-0.39, 0.29) is 12.2 Å². The van der Waals surface area contributed by atoms with Crippen LogP contribution in [0.2, 0.25) is 0 Å². The van der Waals surface area contributed by atoms with Crippen LogP contribution in [-0.2, 0) is 15.9 Å². The number of aromatic nitrogens is 2. The van der Waals surface area contributed by atoms with Gasteiger partial charge in [0.1, 0.15) is 6.61 Å². The zero-order valence-electron chi connectivity index (χ0n) is 14.6. The lowest BCUT2D eigenvalue weighted by Gasteiger charge is -2.10. The topological polar surface area (TPSA) is 65.4 Å². The molecule has 1 aromatic heterocycles. The van der Waals surface area contributed by atoms with Gasteiger partial charge in [0.05, 0.1) is 17.5 Å². The van der Waals surface area contributed by atoms with Crippen molar-refractivity contribution in [1.29, 1.82) is 0 Å². The first-order valence-electron chi connectivity index (χ1n) is 8.85. The molecule has 1 aromatic carbocycles. The highest BCUT2D eigenvalue weighted by Gasteiger charge is 2.17. The van der Waals surface area contributed by atoms with Crippen LogP contribution < -0.4 is 5.32 Å². The predicted octanol–water partition coefficient (Wildman–Crippen LogP) is 3.02. The summed E-state index contributed by atoms with van der Waals surface area (Å²) < 4.78 is 12.5. The number of rotatable bonds is 7. The molecule has 0 radical (unpaired) electrons. The molecule has 1 fully saturated rings. The minimum absolute atomic E-state index is 0.0669. The second-order valence-corrected chi connectivity index (χ2v) is 6.28. The van der Waals surface area contributed by atoms with Crippen LogP contribution in [0.1, 0.15) is 30.5 Å². The number of benzene rings is 1. The van der Waals surface area contributed by atoms with Gasteiger partial charge in [-0.3, -0.25) is 0 Å². The SMILES string of the molecule is Cc1nn(-c2ccccc2)cc1CCCNC(=O)OCC1CCCO1. The van der Waals surface area contributed by atoms with Crippen molar-refractivity contribution in [3.63, 3.8) is 0 Å². The number of para-hydroxylation sites is 1. The van der Waals surface area contributed by atoms with Crippen molar-refractivity contribution in [2.45, 2.75) is 38.7 Å². The van der Waals surface area contributed by atoms with Gasteiger partial charge in [-0.25, -0.2) is 9.48 Å². The van der Waals surface area contributed by atoms with E-state index in [1.165, 1.54) is 5.56 Å². The van der Waals surface area contributed by atoms with Crippen LogP contribution in [0.25, 0.3) is 5.69 Å². The van der Waals surface area contributed by atoms with Crippen LogP contribution in [-0.4, -0.2) is 41.7 Å². The van der Waals surface area contributed by atoms with Crippen molar-refractivity contribution in [3.05, 3.63) is 47.8 Å². The highest BCUT2D eigenvalue weighted by Crippen LogP contribution is 2.13. The molecule has 1 aliphatic heterocycles. The molecule has 3 rings (SSSR count).